The molecule has 0 saturated carbocycles. The zero-order valence-electron chi connectivity index (χ0n) is 10.7. The average molecular weight is 315 g/mol. The summed E-state index contributed by atoms with van der Waals surface area (Å²) in [6, 6.07) is 5.44. The lowest BCUT2D eigenvalue weighted by Gasteiger charge is -2.20. The highest BCUT2D eigenvalue weighted by atomic mass is 79.9. The van der Waals surface area contributed by atoms with Crippen LogP contribution in [-0.2, 0) is 4.79 Å². The minimum atomic E-state index is -0.944. The molecule has 1 aromatic carbocycles. The van der Waals surface area contributed by atoms with Crippen molar-refractivity contribution in [3.8, 4) is 0 Å². The van der Waals surface area contributed by atoms with Gasteiger partial charge in [0.2, 0.25) is 0 Å². The van der Waals surface area contributed by atoms with E-state index in [4.69, 9.17) is 0 Å². The van der Waals surface area contributed by atoms with Crippen molar-refractivity contribution in [3.63, 3.8) is 0 Å². The normalized spacial score (nSPS) is 14.2. The summed E-state index contributed by atoms with van der Waals surface area (Å²) >= 11 is 3.39. The Labute approximate surface area is 116 Å². The van der Waals surface area contributed by atoms with E-state index in [-0.39, 0.29) is 0 Å². The summed E-state index contributed by atoms with van der Waals surface area (Å²) in [6.45, 7) is 3.93. The van der Waals surface area contributed by atoms with Gasteiger partial charge in [-0.15, -0.1) is 0 Å². The van der Waals surface area contributed by atoms with Gasteiger partial charge < -0.3 is 10.2 Å². The molecule has 100 valence electrons. The van der Waals surface area contributed by atoms with Crippen LogP contribution in [0.3, 0.4) is 0 Å². The molecule has 3 nitrogen and oxygen atoms in total. The summed E-state index contributed by atoms with van der Waals surface area (Å²) in [5, 5.41) is 19.4. The maximum absolute atomic E-state index is 11.2. The van der Waals surface area contributed by atoms with Crippen LogP contribution in [0.2, 0.25) is 0 Å². The summed E-state index contributed by atoms with van der Waals surface area (Å²) in [4.78, 5) is 11.2. The fraction of sp³-hybridized carbons (Fsp3) is 0.500. The molecule has 0 amide bonds. The predicted octanol–water partition coefficient (Wildman–Crippen LogP) is 3.68. The van der Waals surface area contributed by atoms with Crippen LogP contribution >= 0.6 is 15.9 Å². The fourth-order valence-electron chi connectivity index (χ4n) is 1.92. The Hall–Kier alpha value is -0.870. The Balaban J connectivity index is 2.90. The van der Waals surface area contributed by atoms with Crippen molar-refractivity contribution in [3.05, 3.63) is 33.8 Å². The van der Waals surface area contributed by atoms with Gasteiger partial charge >= 0.3 is 5.97 Å². The van der Waals surface area contributed by atoms with E-state index < -0.39 is 18.0 Å². The molecule has 0 aliphatic carbocycles. The van der Waals surface area contributed by atoms with Gasteiger partial charge in [0.05, 0.1) is 12.0 Å². The molecule has 0 aliphatic heterocycles. The number of hydrogen-bond acceptors (Lipinski definition) is 2. The Bertz CT molecular complexity index is 418. The van der Waals surface area contributed by atoms with Crippen molar-refractivity contribution in [2.45, 2.75) is 39.2 Å². The molecule has 0 bridgehead atoms. The Morgan fingerprint density at radius 2 is 2.11 bits per heavy atom. The second kappa shape index (κ2) is 6.90. The first-order valence-corrected chi connectivity index (χ1v) is 6.93. The summed E-state index contributed by atoms with van der Waals surface area (Å²) in [5.41, 5.74) is 1.66. The van der Waals surface area contributed by atoms with Gasteiger partial charge in [-0.05, 0) is 30.5 Å². The molecular weight excluding hydrogens is 296 g/mol. The van der Waals surface area contributed by atoms with Gasteiger partial charge in [-0.3, -0.25) is 4.79 Å². The molecule has 4 heteroatoms. The van der Waals surface area contributed by atoms with Crippen LogP contribution in [0.4, 0.5) is 0 Å². The molecule has 0 aromatic heterocycles. The number of unbranched alkanes of at least 4 members (excludes halogenated alkanes) is 1. The lowest BCUT2D eigenvalue weighted by molar-refractivity contribution is -0.146. The number of aliphatic hydroxyl groups excluding tert-OH is 1. The molecule has 18 heavy (non-hydrogen) atoms. The molecule has 2 N–H and O–H groups in total. The first kappa shape index (κ1) is 15.2. The highest BCUT2D eigenvalue weighted by Gasteiger charge is 2.27. The Kier molecular flexibility index (Phi) is 5.82. The van der Waals surface area contributed by atoms with Crippen molar-refractivity contribution in [2.24, 2.45) is 5.92 Å². The van der Waals surface area contributed by atoms with Crippen LogP contribution in [0.15, 0.2) is 22.7 Å². The zero-order valence-corrected chi connectivity index (χ0v) is 12.3. The molecule has 0 spiro atoms. The third-order valence-electron chi connectivity index (χ3n) is 3.09. The fourth-order valence-corrected chi connectivity index (χ4v) is 2.17. The molecule has 1 aromatic rings. The first-order valence-electron chi connectivity index (χ1n) is 6.14. The van der Waals surface area contributed by atoms with Crippen molar-refractivity contribution in [2.75, 3.05) is 0 Å². The van der Waals surface area contributed by atoms with E-state index in [0.29, 0.717) is 12.0 Å². The number of carbonyl (C=O) groups is 1. The van der Waals surface area contributed by atoms with Gasteiger partial charge in [-0.1, -0.05) is 47.8 Å². The molecule has 0 aliphatic rings. The van der Waals surface area contributed by atoms with Gasteiger partial charge in [0.15, 0.2) is 0 Å². The van der Waals surface area contributed by atoms with Crippen LogP contribution in [-0.4, -0.2) is 16.2 Å². The molecular formula is C14H19BrO3. The monoisotopic (exact) mass is 314 g/mol. The summed E-state index contributed by atoms with van der Waals surface area (Å²) < 4.78 is 0.957. The number of halogens is 1. The molecule has 2 atom stereocenters. The van der Waals surface area contributed by atoms with E-state index in [2.05, 4.69) is 15.9 Å². The third kappa shape index (κ3) is 3.82. The van der Waals surface area contributed by atoms with Crippen molar-refractivity contribution in [1.82, 2.24) is 0 Å². The molecule has 0 radical (unpaired) electrons. The van der Waals surface area contributed by atoms with Crippen LogP contribution in [0.1, 0.15) is 43.4 Å². The smallest absolute Gasteiger partial charge is 0.309 e. The predicted molar refractivity (Wildman–Crippen MR) is 74.5 cm³/mol. The lowest BCUT2D eigenvalue weighted by atomic mass is 9.90. The lowest BCUT2D eigenvalue weighted by Crippen LogP contribution is -2.22. The molecule has 0 saturated heterocycles. The van der Waals surface area contributed by atoms with E-state index in [1.165, 1.54) is 0 Å². The van der Waals surface area contributed by atoms with Crippen LogP contribution in [0, 0.1) is 12.8 Å². The van der Waals surface area contributed by atoms with Crippen molar-refractivity contribution < 1.29 is 15.0 Å². The molecule has 2 unspecified atom stereocenters. The zero-order chi connectivity index (χ0) is 13.7. The largest absolute Gasteiger partial charge is 0.481 e. The summed E-state index contributed by atoms with van der Waals surface area (Å²) in [6.07, 6.45) is 1.29. The SMILES string of the molecule is CCCCC(C(=O)O)C(O)c1ccc(Br)c(C)c1. The van der Waals surface area contributed by atoms with E-state index in [1.54, 1.807) is 6.07 Å². The number of aryl methyl sites for hydroxylation is 1. The van der Waals surface area contributed by atoms with E-state index in [0.717, 1.165) is 22.9 Å². The highest BCUT2D eigenvalue weighted by molar-refractivity contribution is 9.10. The molecule has 1 rings (SSSR count). The maximum Gasteiger partial charge on any atom is 0.309 e. The number of hydrogen-bond donors (Lipinski definition) is 2. The minimum Gasteiger partial charge on any atom is -0.481 e. The number of carboxylic acid groups (broad SMARTS) is 1. The molecule has 0 heterocycles. The number of aliphatic hydroxyl groups is 1. The number of benzene rings is 1. The minimum absolute atomic E-state index is 0.502. The third-order valence-corrected chi connectivity index (χ3v) is 3.98. The van der Waals surface area contributed by atoms with Gasteiger partial charge in [-0.2, -0.15) is 0 Å². The van der Waals surface area contributed by atoms with E-state index in [9.17, 15) is 15.0 Å². The number of carboxylic acids is 1. The summed E-state index contributed by atoms with van der Waals surface area (Å²) in [7, 11) is 0. The standard InChI is InChI=1S/C14H19BrO3/c1-3-4-5-11(14(17)18)13(16)10-6-7-12(15)9(2)8-10/h6-8,11,13,16H,3-5H2,1-2H3,(H,17,18). The Morgan fingerprint density at radius 3 is 2.61 bits per heavy atom. The quantitative estimate of drug-likeness (QED) is 0.842. The Morgan fingerprint density at radius 1 is 1.44 bits per heavy atom. The second-order valence-electron chi connectivity index (χ2n) is 4.54. The topological polar surface area (TPSA) is 57.5 Å². The van der Waals surface area contributed by atoms with E-state index >= 15 is 0 Å². The van der Waals surface area contributed by atoms with Crippen molar-refractivity contribution >= 4 is 21.9 Å². The van der Waals surface area contributed by atoms with Gasteiger partial charge in [0.25, 0.3) is 0 Å². The average Bonchev–Trinajstić information content (AvgIpc) is 2.32. The first-order chi connectivity index (χ1) is 8.47. The number of rotatable bonds is 6. The molecule has 0 fully saturated rings. The van der Waals surface area contributed by atoms with Crippen molar-refractivity contribution in [1.29, 1.82) is 0 Å². The van der Waals surface area contributed by atoms with Crippen LogP contribution in [0.25, 0.3) is 0 Å². The second-order valence-corrected chi connectivity index (χ2v) is 5.39. The van der Waals surface area contributed by atoms with E-state index in [1.807, 2.05) is 26.0 Å². The highest BCUT2D eigenvalue weighted by Crippen LogP contribution is 2.29. The maximum atomic E-state index is 11.2. The summed E-state index contributed by atoms with van der Waals surface area (Å²) in [5.74, 6) is -1.66. The van der Waals surface area contributed by atoms with Gasteiger partial charge in [0.1, 0.15) is 0 Å². The van der Waals surface area contributed by atoms with Crippen LogP contribution < -0.4 is 0 Å². The number of aliphatic carboxylic acids is 1. The van der Waals surface area contributed by atoms with Gasteiger partial charge in [-0.25, -0.2) is 0 Å². The van der Waals surface area contributed by atoms with Gasteiger partial charge in [0, 0.05) is 4.47 Å². The van der Waals surface area contributed by atoms with Crippen LogP contribution in [0.5, 0.6) is 0 Å².